The van der Waals surface area contributed by atoms with Crippen molar-refractivity contribution in [1.82, 2.24) is 20.2 Å². The van der Waals surface area contributed by atoms with Gasteiger partial charge < -0.3 is 15.2 Å². The fourth-order valence-electron chi connectivity index (χ4n) is 2.69. The smallest absolute Gasteiger partial charge is 0.258 e. The van der Waals surface area contributed by atoms with Crippen LogP contribution < -0.4 is 10.9 Å². The first-order chi connectivity index (χ1) is 10.2. The van der Waals surface area contributed by atoms with Gasteiger partial charge in [-0.05, 0) is 44.1 Å². The van der Waals surface area contributed by atoms with E-state index in [4.69, 9.17) is 11.6 Å². The maximum Gasteiger partial charge on any atom is 0.258 e. The molecule has 0 amide bonds. The van der Waals surface area contributed by atoms with Crippen LogP contribution in [0.2, 0.25) is 5.02 Å². The zero-order valence-corrected chi connectivity index (χ0v) is 12.6. The van der Waals surface area contributed by atoms with E-state index in [0.717, 1.165) is 13.1 Å². The molecule has 1 aromatic heterocycles. The average molecular weight is 307 g/mol. The van der Waals surface area contributed by atoms with Gasteiger partial charge in [0, 0.05) is 18.1 Å². The van der Waals surface area contributed by atoms with Gasteiger partial charge in [-0.3, -0.25) is 4.79 Å². The standard InChI is InChI=1S/C15H19ClN4O/c16-11-3-4-12-13(9-11)18-14(19-15(12)21)10-17-5-8-20-6-1-2-7-20/h3-4,9,17H,1-2,5-8,10H2,(H,18,19,21). The largest absolute Gasteiger partial charge is 0.309 e. The molecular formula is C15H19ClN4O. The molecule has 21 heavy (non-hydrogen) atoms. The molecule has 3 rings (SSSR count). The fourth-order valence-corrected chi connectivity index (χ4v) is 2.86. The molecule has 1 fully saturated rings. The summed E-state index contributed by atoms with van der Waals surface area (Å²) in [6, 6.07) is 5.13. The molecule has 2 aromatic rings. The first-order valence-electron chi connectivity index (χ1n) is 7.34. The number of nitrogens with one attached hydrogen (secondary N) is 2. The molecule has 0 radical (unpaired) electrons. The third kappa shape index (κ3) is 3.61. The van der Waals surface area contributed by atoms with Crippen molar-refractivity contribution in [2.45, 2.75) is 19.4 Å². The SMILES string of the molecule is O=c1[nH]c(CNCCN2CCCC2)nc2cc(Cl)ccc12. The van der Waals surface area contributed by atoms with Crippen molar-refractivity contribution in [3.05, 3.63) is 39.4 Å². The molecule has 0 spiro atoms. The highest BCUT2D eigenvalue weighted by molar-refractivity contribution is 6.31. The van der Waals surface area contributed by atoms with Gasteiger partial charge in [0.1, 0.15) is 5.82 Å². The van der Waals surface area contributed by atoms with Crippen molar-refractivity contribution in [2.75, 3.05) is 26.2 Å². The van der Waals surface area contributed by atoms with E-state index in [1.807, 2.05) is 0 Å². The van der Waals surface area contributed by atoms with Crippen molar-refractivity contribution >= 4 is 22.5 Å². The summed E-state index contributed by atoms with van der Waals surface area (Å²) in [6.45, 7) is 4.91. The number of aromatic nitrogens is 2. The third-order valence-corrected chi connectivity index (χ3v) is 4.05. The highest BCUT2D eigenvalue weighted by atomic mass is 35.5. The molecule has 112 valence electrons. The molecular weight excluding hydrogens is 288 g/mol. The van der Waals surface area contributed by atoms with Gasteiger partial charge in [0.15, 0.2) is 0 Å². The maximum atomic E-state index is 12.0. The molecule has 1 saturated heterocycles. The second kappa shape index (κ2) is 6.56. The fraction of sp³-hybridized carbons (Fsp3) is 0.467. The van der Waals surface area contributed by atoms with Crippen LogP contribution >= 0.6 is 11.6 Å². The minimum absolute atomic E-state index is 0.118. The summed E-state index contributed by atoms with van der Waals surface area (Å²) in [5, 5.41) is 4.49. The Labute approximate surface area is 128 Å². The Morgan fingerprint density at radius 2 is 2.14 bits per heavy atom. The van der Waals surface area contributed by atoms with Crippen molar-refractivity contribution < 1.29 is 0 Å². The molecule has 6 heteroatoms. The van der Waals surface area contributed by atoms with E-state index in [1.165, 1.54) is 25.9 Å². The van der Waals surface area contributed by atoms with E-state index in [-0.39, 0.29) is 5.56 Å². The van der Waals surface area contributed by atoms with E-state index in [9.17, 15) is 4.79 Å². The number of rotatable bonds is 5. The van der Waals surface area contributed by atoms with Gasteiger partial charge in [-0.25, -0.2) is 4.98 Å². The molecule has 2 N–H and O–H groups in total. The van der Waals surface area contributed by atoms with Crippen LogP contribution in [0.1, 0.15) is 18.7 Å². The molecule has 5 nitrogen and oxygen atoms in total. The van der Waals surface area contributed by atoms with Crippen molar-refractivity contribution in [1.29, 1.82) is 0 Å². The summed E-state index contributed by atoms with van der Waals surface area (Å²) >= 11 is 5.95. The summed E-state index contributed by atoms with van der Waals surface area (Å²) < 4.78 is 0. The summed E-state index contributed by atoms with van der Waals surface area (Å²) in [4.78, 5) is 21.7. The van der Waals surface area contributed by atoms with Gasteiger partial charge in [-0.2, -0.15) is 0 Å². The molecule has 1 aliphatic rings. The molecule has 0 atom stereocenters. The minimum Gasteiger partial charge on any atom is -0.309 e. The minimum atomic E-state index is -0.118. The van der Waals surface area contributed by atoms with Gasteiger partial charge in [-0.15, -0.1) is 0 Å². The number of benzene rings is 1. The summed E-state index contributed by atoms with van der Waals surface area (Å²) in [6.07, 6.45) is 2.61. The van der Waals surface area contributed by atoms with E-state index >= 15 is 0 Å². The van der Waals surface area contributed by atoms with Crippen LogP contribution in [0.25, 0.3) is 10.9 Å². The molecule has 2 heterocycles. The number of nitrogens with zero attached hydrogens (tertiary/aromatic N) is 2. The Morgan fingerprint density at radius 1 is 1.33 bits per heavy atom. The molecule has 0 saturated carbocycles. The quantitative estimate of drug-likeness (QED) is 0.827. The molecule has 0 bridgehead atoms. The van der Waals surface area contributed by atoms with Crippen molar-refractivity contribution in [2.24, 2.45) is 0 Å². The normalized spacial score (nSPS) is 15.9. The third-order valence-electron chi connectivity index (χ3n) is 3.81. The lowest BCUT2D eigenvalue weighted by Gasteiger charge is -2.14. The predicted molar refractivity (Wildman–Crippen MR) is 84.8 cm³/mol. The second-order valence-electron chi connectivity index (χ2n) is 5.40. The molecule has 1 aliphatic heterocycles. The average Bonchev–Trinajstić information content (AvgIpc) is 2.96. The van der Waals surface area contributed by atoms with Gasteiger partial charge in [0.05, 0.1) is 17.4 Å². The van der Waals surface area contributed by atoms with Crippen LogP contribution in [-0.4, -0.2) is 41.0 Å². The number of halogens is 1. The van der Waals surface area contributed by atoms with Crippen LogP contribution in [0.3, 0.4) is 0 Å². The summed E-state index contributed by atoms with van der Waals surface area (Å²) in [5.41, 5.74) is 0.524. The summed E-state index contributed by atoms with van der Waals surface area (Å²) in [5.74, 6) is 0.649. The molecule has 0 aliphatic carbocycles. The monoisotopic (exact) mass is 306 g/mol. The number of aromatic amines is 1. The Bertz CT molecular complexity index is 679. The van der Waals surface area contributed by atoms with Gasteiger partial charge in [-0.1, -0.05) is 11.6 Å². The van der Waals surface area contributed by atoms with E-state index in [2.05, 4.69) is 20.2 Å². The highest BCUT2D eigenvalue weighted by Gasteiger charge is 2.10. The van der Waals surface area contributed by atoms with E-state index < -0.39 is 0 Å². The number of likely N-dealkylation sites (tertiary alicyclic amines) is 1. The first-order valence-corrected chi connectivity index (χ1v) is 7.72. The topological polar surface area (TPSA) is 61.0 Å². The molecule has 0 unspecified atom stereocenters. The van der Waals surface area contributed by atoms with E-state index in [1.54, 1.807) is 18.2 Å². The van der Waals surface area contributed by atoms with Crippen LogP contribution in [0.4, 0.5) is 0 Å². The van der Waals surface area contributed by atoms with Crippen LogP contribution in [-0.2, 0) is 6.54 Å². The zero-order chi connectivity index (χ0) is 14.7. The Kier molecular flexibility index (Phi) is 4.53. The zero-order valence-electron chi connectivity index (χ0n) is 11.9. The van der Waals surface area contributed by atoms with Crippen LogP contribution in [0.15, 0.2) is 23.0 Å². The summed E-state index contributed by atoms with van der Waals surface area (Å²) in [7, 11) is 0. The number of hydrogen-bond donors (Lipinski definition) is 2. The molecule has 1 aromatic carbocycles. The second-order valence-corrected chi connectivity index (χ2v) is 5.84. The van der Waals surface area contributed by atoms with Crippen LogP contribution in [0, 0.1) is 0 Å². The lowest BCUT2D eigenvalue weighted by Crippen LogP contribution is -2.30. The highest BCUT2D eigenvalue weighted by Crippen LogP contribution is 2.14. The first kappa shape index (κ1) is 14.5. The van der Waals surface area contributed by atoms with Crippen LogP contribution in [0.5, 0.6) is 0 Å². The lowest BCUT2D eigenvalue weighted by molar-refractivity contribution is 0.335. The Morgan fingerprint density at radius 3 is 2.95 bits per heavy atom. The van der Waals surface area contributed by atoms with Gasteiger partial charge in [0.2, 0.25) is 0 Å². The van der Waals surface area contributed by atoms with Crippen molar-refractivity contribution in [3.8, 4) is 0 Å². The Hall–Kier alpha value is -1.43. The number of fused-ring (bicyclic) bond motifs is 1. The van der Waals surface area contributed by atoms with E-state index in [0.29, 0.717) is 28.3 Å². The van der Waals surface area contributed by atoms with Gasteiger partial charge >= 0.3 is 0 Å². The predicted octanol–water partition coefficient (Wildman–Crippen LogP) is 1.76. The number of hydrogen-bond acceptors (Lipinski definition) is 4. The number of H-pyrrole nitrogens is 1. The van der Waals surface area contributed by atoms with Gasteiger partial charge in [0.25, 0.3) is 5.56 Å². The lowest BCUT2D eigenvalue weighted by atomic mass is 10.2. The Balaban J connectivity index is 1.62. The van der Waals surface area contributed by atoms with Crippen molar-refractivity contribution in [3.63, 3.8) is 0 Å². The maximum absolute atomic E-state index is 12.0.